The highest BCUT2D eigenvalue weighted by atomic mass is 31.3. The number of hydrogen-bond acceptors (Lipinski definition) is 7. The predicted octanol–water partition coefficient (Wildman–Crippen LogP) is -0.648. The van der Waals surface area contributed by atoms with Crippen LogP contribution in [0.2, 0.25) is 0 Å². The van der Waals surface area contributed by atoms with Crippen molar-refractivity contribution in [3.8, 4) is 0 Å². The third-order valence-electron chi connectivity index (χ3n) is 3.65. The summed E-state index contributed by atoms with van der Waals surface area (Å²) in [5.41, 5.74) is -1.26. The lowest BCUT2D eigenvalue weighted by atomic mass is 10.2. The fourth-order valence-electron chi connectivity index (χ4n) is 2.66. The first-order chi connectivity index (χ1) is 11.9. The van der Waals surface area contributed by atoms with Crippen molar-refractivity contribution < 1.29 is 42.8 Å². The lowest BCUT2D eigenvalue weighted by Gasteiger charge is -2.23. The first kappa shape index (κ1) is 20.7. The second-order valence-corrected chi connectivity index (χ2v) is 8.80. The van der Waals surface area contributed by atoms with Gasteiger partial charge in [0.1, 0.15) is 0 Å². The van der Waals surface area contributed by atoms with Crippen molar-refractivity contribution in [2.24, 2.45) is 0 Å². The monoisotopic (exact) mass is 414 g/mol. The molecule has 1 heterocycles. The number of carbonyl (C=O) groups is 1. The van der Waals surface area contributed by atoms with Crippen LogP contribution >= 0.6 is 15.4 Å². The largest absolute Gasteiger partial charge is 0.479 e. The van der Waals surface area contributed by atoms with Gasteiger partial charge in [-0.2, -0.15) is 0 Å². The summed E-state index contributed by atoms with van der Waals surface area (Å²) in [6.45, 7) is 0. The SMILES string of the molecule is O=C(O)C(O[C@@H]1CC[C@H](n2ccc(=O)[nH]c2=O)C1)P(=O)(O)OP(=O)(O)O. The van der Waals surface area contributed by atoms with E-state index >= 15 is 0 Å². The van der Waals surface area contributed by atoms with E-state index in [1.807, 2.05) is 0 Å². The summed E-state index contributed by atoms with van der Waals surface area (Å²) in [7, 11) is -10.8. The average molecular weight is 414 g/mol. The molecule has 0 radical (unpaired) electrons. The van der Waals surface area contributed by atoms with E-state index in [1.54, 1.807) is 0 Å². The molecule has 1 aliphatic rings. The Bertz CT molecular complexity index is 887. The summed E-state index contributed by atoms with van der Waals surface area (Å²) in [6.07, 6.45) is 0.997. The van der Waals surface area contributed by atoms with Crippen LogP contribution in [0, 0.1) is 0 Å². The summed E-state index contributed by atoms with van der Waals surface area (Å²) in [4.78, 5) is 62.9. The van der Waals surface area contributed by atoms with Crippen LogP contribution in [0.15, 0.2) is 21.9 Å². The zero-order chi connectivity index (χ0) is 19.7. The van der Waals surface area contributed by atoms with Crippen molar-refractivity contribution in [2.45, 2.75) is 37.3 Å². The van der Waals surface area contributed by atoms with Crippen molar-refractivity contribution in [3.63, 3.8) is 0 Å². The Morgan fingerprint density at radius 3 is 2.46 bits per heavy atom. The molecule has 0 spiro atoms. The van der Waals surface area contributed by atoms with Gasteiger partial charge in [-0.05, 0) is 19.3 Å². The smallest absolute Gasteiger partial charge is 0.476 e. The summed E-state index contributed by atoms with van der Waals surface area (Å²) in [5, 5.41) is 9.04. The van der Waals surface area contributed by atoms with Crippen LogP contribution in [-0.2, 0) is 23.0 Å². The van der Waals surface area contributed by atoms with E-state index < -0.39 is 50.6 Å². The summed E-state index contributed by atoms with van der Waals surface area (Å²) < 4.78 is 32.5. The number of rotatable bonds is 7. The molecule has 4 atom stereocenters. The van der Waals surface area contributed by atoms with Crippen molar-refractivity contribution in [1.82, 2.24) is 9.55 Å². The van der Waals surface area contributed by atoms with Crippen LogP contribution in [-0.4, -0.2) is 47.3 Å². The van der Waals surface area contributed by atoms with E-state index in [1.165, 1.54) is 10.8 Å². The molecule has 5 N–H and O–H groups in total. The maximum atomic E-state index is 11.8. The molecule has 15 heteroatoms. The molecule has 1 aliphatic carbocycles. The quantitative estimate of drug-likeness (QED) is 0.354. The summed E-state index contributed by atoms with van der Waals surface area (Å²) in [6, 6.07) is 0.672. The van der Waals surface area contributed by atoms with Crippen LogP contribution in [0.5, 0.6) is 0 Å². The van der Waals surface area contributed by atoms with Gasteiger partial charge in [-0.25, -0.2) is 18.5 Å². The van der Waals surface area contributed by atoms with E-state index in [0.717, 1.165) is 6.07 Å². The normalized spacial score (nSPS) is 24.1. The molecule has 0 aromatic carbocycles. The topological polar surface area (TPSA) is 205 Å². The van der Waals surface area contributed by atoms with Crippen molar-refractivity contribution in [1.29, 1.82) is 0 Å². The minimum atomic E-state index is -5.43. The van der Waals surface area contributed by atoms with Gasteiger partial charge in [0.2, 0.25) is 0 Å². The van der Waals surface area contributed by atoms with Gasteiger partial charge in [0.15, 0.2) is 0 Å². The number of carboxylic acid groups (broad SMARTS) is 1. The second kappa shape index (κ2) is 7.57. The van der Waals surface area contributed by atoms with Crippen LogP contribution in [0.3, 0.4) is 0 Å². The van der Waals surface area contributed by atoms with Gasteiger partial charge in [0, 0.05) is 18.3 Å². The molecule has 0 saturated heterocycles. The number of nitrogens with one attached hydrogen (secondary N) is 1. The van der Waals surface area contributed by atoms with Crippen molar-refractivity contribution >= 4 is 21.4 Å². The Morgan fingerprint density at radius 2 is 1.92 bits per heavy atom. The van der Waals surface area contributed by atoms with E-state index in [4.69, 9.17) is 19.6 Å². The van der Waals surface area contributed by atoms with Crippen molar-refractivity contribution in [2.75, 3.05) is 0 Å². The average Bonchev–Trinajstić information content (AvgIpc) is 2.90. The van der Waals surface area contributed by atoms with Gasteiger partial charge in [0.05, 0.1) is 6.10 Å². The van der Waals surface area contributed by atoms with Gasteiger partial charge in [-0.15, -0.1) is 0 Å². The number of ether oxygens (including phenoxy) is 1. The van der Waals surface area contributed by atoms with Crippen LogP contribution in [0.1, 0.15) is 25.3 Å². The lowest BCUT2D eigenvalue weighted by molar-refractivity contribution is -0.148. The second-order valence-electron chi connectivity index (χ2n) is 5.57. The van der Waals surface area contributed by atoms with Gasteiger partial charge in [0.25, 0.3) is 11.4 Å². The fraction of sp³-hybridized carbons (Fsp3) is 0.545. The molecule has 146 valence electrons. The molecular weight excluding hydrogens is 398 g/mol. The number of hydrogen-bond donors (Lipinski definition) is 5. The van der Waals surface area contributed by atoms with Gasteiger partial charge in [-0.3, -0.25) is 18.9 Å². The van der Waals surface area contributed by atoms with Crippen LogP contribution in [0.25, 0.3) is 0 Å². The zero-order valence-electron chi connectivity index (χ0n) is 13.0. The van der Waals surface area contributed by atoms with Crippen molar-refractivity contribution in [3.05, 3.63) is 33.1 Å². The maximum absolute atomic E-state index is 11.8. The zero-order valence-corrected chi connectivity index (χ0v) is 14.8. The van der Waals surface area contributed by atoms with Crippen LogP contribution < -0.4 is 11.2 Å². The molecule has 1 saturated carbocycles. The minimum absolute atomic E-state index is 0.0750. The molecule has 0 aliphatic heterocycles. The molecule has 0 amide bonds. The Hall–Kier alpha value is -1.59. The third kappa shape index (κ3) is 5.21. The van der Waals surface area contributed by atoms with Gasteiger partial charge in [-0.1, -0.05) is 0 Å². The molecule has 1 aromatic heterocycles. The lowest BCUT2D eigenvalue weighted by Crippen LogP contribution is -2.32. The Balaban J connectivity index is 2.13. The minimum Gasteiger partial charge on any atom is -0.479 e. The van der Waals surface area contributed by atoms with Gasteiger partial charge < -0.3 is 24.5 Å². The Labute approximate surface area is 145 Å². The molecule has 26 heavy (non-hydrogen) atoms. The fourth-order valence-corrected chi connectivity index (χ4v) is 4.83. The number of aromatic nitrogens is 2. The number of H-pyrrole nitrogens is 1. The highest BCUT2D eigenvalue weighted by Crippen LogP contribution is 2.60. The predicted molar refractivity (Wildman–Crippen MR) is 83.5 cm³/mol. The number of phosphoric acid groups is 1. The molecule has 1 fully saturated rings. The van der Waals surface area contributed by atoms with Gasteiger partial charge >= 0.3 is 27.1 Å². The first-order valence-corrected chi connectivity index (χ1v) is 10.4. The Morgan fingerprint density at radius 1 is 1.27 bits per heavy atom. The van der Waals surface area contributed by atoms with E-state index in [0.29, 0.717) is 6.42 Å². The molecule has 2 rings (SSSR count). The highest BCUT2D eigenvalue weighted by Gasteiger charge is 2.47. The summed E-state index contributed by atoms with van der Waals surface area (Å²) >= 11 is 0. The molecule has 0 bridgehead atoms. The number of aliphatic carboxylic acids is 1. The summed E-state index contributed by atoms with van der Waals surface area (Å²) in [5.74, 6) is -4.44. The van der Waals surface area contributed by atoms with Crippen LogP contribution in [0.4, 0.5) is 0 Å². The number of carboxylic acids is 1. The number of aromatic amines is 1. The standard InChI is InChI=1S/C11H16N2O11P2/c14-8-3-4-13(11(17)12-8)6-1-2-7(5-6)23-10(9(15)16)25(18,19)24-26(20,21)22/h3-4,6-7,10H,1-2,5H2,(H,15,16)(H,18,19)(H,12,14,17)(H2,20,21,22)/t6-,7+,10?/m0/s1. The molecule has 1 aromatic rings. The van der Waals surface area contributed by atoms with E-state index in [9.17, 15) is 28.4 Å². The maximum Gasteiger partial charge on any atom is 0.476 e. The molecule has 2 unspecified atom stereocenters. The third-order valence-corrected chi connectivity index (χ3v) is 6.38. The van der Waals surface area contributed by atoms with E-state index in [-0.39, 0.29) is 12.8 Å². The molecule has 13 nitrogen and oxygen atoms in total. The Kier molecular flexibility index (Phi) is 6.03. The first-order valence-electron chi connectivity index (χ1n) is 7.18. The molecular formula is C11H16N2O11P2. The van der Waals surface area contributed by atoms with E-state index in [2.05, 4.69) is 9.29 Å². The number of nitrogens with zero attached hydrogens (tertiary/aromatic N) is 1. The highest BCUT2D eigenvalue weighted by molar-refractivity contribution is 7.64.